The number of rotatable bonds is 6. The molecule has 0 aliphatic heterocycles. The molecule has 150 valence electrons. The quantitative estimate of drug-likeness (QED) is 0.511. The van der Waals surface area contributed by atoms with Crippen molar-refractivity contribution in [3.05, 3.63) is 59.4 Å². The predicted octanol–water partition coefficient (Wildman–Crippen LogP) is 3.48. The summed E-state index contributed by atoms with van der Waals surface area (Å²) >= 11 is 0. The van der Waals surface area contributed by atoms with Gasteiger partial charge in [-0.3, -0.25) is 0 Å². The Morgan fingerprint density at radius 1 is 1.17 bits per heavy atom. The first kappa shape index (κ1) is 18.8. The highest BCUT2D eigenvalue weighted by atomic mass is 19.3. The van der Waals surface area contributed by atoms with Gasteiger partial charge in [-0.1, -0.05) is 11.2 Å². The van der Waals surface area contributed by atoms with Crippen LogP contribution in [0.4, 0.5) is 20.5 Å². The summed E-state index contributed by atoms with van der Waals surface area (Å²) in [5, 5.41) is 7.14. The number of hydrogen-bond donors (Lipinski definition) is 2. The van der Waals surface area contributed by atoms with Crippen molar-refractivity contribution >= 4 is 22.8 Å². The molecule has 0 atom stereocenters. The number of pyridine rings is 1. The topological polar surface area (TPSA) is 108 Å². The molecule has 29 heavy (non-hydrogen) atoms. The molecular weight excluding hydrogens is 380 g/mol. The Bertz CT molecular complexity index is 1160. The largest absolute Gasteiger partial charge is 0.368 e. The number of hydrogen-bond acceptors (Lipinski definition) is 7. The molecule has 3 N–H and O–H groups in total. The first-order valence-electron chi connectivity index (χ1n) is 8.92. The number of aromatic nitrogens is 5. The van der Waals surface area contributed by atoms with Gasteiger partial charge in [-0.2, -0.15) is 13.8 Å². The monoisotopic (exact) mass is 399 g/mol. The summed E-state index contributed by atoms with van der Waals surface area (Å²) in [7, 11) is 0. The Morgan fingerprint density at radius 3 is 2.72 bits per heavy atom. The van der Waals surface area contributed by atoms with E-state index in [2.05, 4.69) is 25.4 Å². The average molecular weight is 399 g/mol. The molecule has 4 rings (SSSR count). The molecule has 0 aromatic carbocycles. The number of aryl methyl sites for hydroxylation is 1. The third-order valence-corrected chi connectivity index (χ3v) is 4.33. The second kappa shape index (κ2) is 7.12. The number of anilines is 2. The maximum absolute atomic E-state index is 13.6. The van der Waals surface area contributed by atoms with Crippen molar-refractivity contribution < 1.29 is 13.3 Å². The highest BCUT2D eigenvalue weighted by molar-refractivity contribution is 5.87. The number of fused-ring (bicyclic) bond motifs is 1. The normalized spacial score (nSPS) is 11.9. The first-order valence-corrected chi connectivity index (χ1v) is 8.92. The van der Waals surface area contributed by atoms with Crippen LogP contribution in [0.15, 0.2) is 41.1 Å². The third kappa shape index (κ3) is 4.00. The fourth-order valence-corrected chi connectivity index (χ4v) is 3.04. The van der Waals surface area contributed by atoms with Crippen LogP contribution in [-0.4, -0.2) is 24.7 Å². The van der Waals surface area contributed by atoms with Gasteiger partial charge < -0.3 is 20.1 Å². The molecule has 4 aromatic heterocycles. The number of nitrogens with one attached hydrogen (secondary N) is 1. The molecular formula is C19H19F2N7O. The van der Waals surface area contributed by atoms with Crippen LogP contribution in [0, 0.1) is 6.92 Å². The summed E-state index contributed by atoms with van der Waals surface area (Å²) < 4.78 is 34.1. The Hall–Kier alpha value is -3.56. The number of nitrogen functional groups attached to an aromatic ring is 1. The van der Waals surface area contributed by atoms with Crippen molar-refractivity contribution in [3.63, 3.8) is 0 Å². The molecule has 10 heteroatoms. The fourth-order valence-electron chi connectivity index (χ4n) is 3.04. The van der Waals surface area contributed by atoms with E-state index >= 15 is 0 Å². The zero-order valence-electron chi connectivity index (χ0n) is 15.9. The lowest BCUT2D eigenvalue weighted by atomic mass is 10.2. The van der Waals surface area contributed by atoms with Crippen LogP contribution in [0.2, 0.25) is 0 Å². The van der Waals surface area contributed by atoms with E-state index in [1.54, 1.807) is 24.4 Å². The van der Waals surface area contributed by atoms with Gasteiger partial charge in [-0.05, 0) is 25.1 Å². The number of halogens is 2. The summed E-state index contributed by atoms with van der Waals surface area (Å²) in [6.45, 7) is 3.29. The summed E-state index contributed by atoms with van der Waals surface area (Å²) in [6, 6.07) is 8.19. The minimum absolute atomic E-state index is 0.125. The molecule has 0 saturated carbocycles. The van der Waals surface area contributed by atoms with Gasteiger partial charge in [0.05, 0.1) is 24.3 Å². The molecule has 0 aliphatic rings. The van der Waals surface area contributed by atoms with Crippen LogP contribution in [0.3, 0.4) is 0 Å². The summed E-state index contributed by atoms with van der Waals surface area (Å²) in [6.07, 6.45) is 1.79. The Morgan fingerprint density at radius 2 is 2.00 bits per heavy atom. The number of alkyl halides is 2. The highest BCUT2D eigenvalue weighted by Crippen LogP contribution is 2.27. The molecule has 0 bridgehead atoms. The van der Waals surface area contributed by atoms with E-state index in [0.717, 1.165) is 6.92 Å². The lowest BCUT2D eigenvalue weighted by Crippen LogP contribution is -2.12. The van der Waals surface area contributed by atoms with Gasteiger partial charge in [0, 0.05) is 19.2 Å². The summed E-state index contributed by atoms with van der Waals surface area (Å²) in [4.78, 5) is 12.6. The Labute approximate surface area is 164 Å². The van der Waals surface area contributed by atoms with E-state index in [4.69, 9.17) is 10.3 Å². The van der Waals surface area contributed by atoms with Gasteiger partial charge in [-0.25, -0.2) is 9.97 Å². The molecule has 0 aliphatic carbocycles. The van der Waals surface area contributed by atoms with Crippen LogP contribution in [-0.2, 0) is 19.0 Å². The van der Waals surface area contributed by atoms with E-state index in [-0.39, 0.29) is 18.2 Å². The Balaban J connectivity index is 1.67. The lowest BCUT2D eigenvalue weighted by molar-refractivity contribution is 0.0125. The molecule has 0 amide bonds. The van der Waals surface area contributed by atoms with Crippen LogP contribution in [0.5, 0.6) is 0 Å². The van der Waals surface area contributed by atoms with E-state index in [9.17, 15) is 8.78 Å². The van der Waals surface area contributed by atoms with Gasteiger partial charge in [0.2, 0.25) is 5.95 Å². The minimum atomic E-state index is -3.01. The van der Waals surface area contributed by atoms with Gasteiger partial charge in [0.1, 0.15) is 22.7 Å². The SMILES string of the molecule is Cc1cc(CNc2nc(N)nc3ccn(Cc4cccc(C(C)(F)F)n4)c23)no1. The molecule has 4 aromatic rings. The van der Waals surface area contributed by atoms with E-state index in [0.29, 0.717) is 40.5 Å². The molecule has 0 spiro atoms. The standard InChI is InChI=1S/C19H19F2N7O/c1-11-8-13(27-29-11)9-23-17-16-14(25-18(22)26-17)6-7-28(16)10-12-4-3-5-15(24-12)19(2,20)21/h3-8H,9-10H2,1-2H3,(H3,22,23,25,26). The van der Waals surface area contributed by atoms with Crippen molar-refractivity contribution in [1.82, 2.24) is 24.7 Å². The molecule has 8 nitrogen and oxygen atoms in total. The van der Waals surface area contributed by atoms with Crippen molar-refractivity contribution in [1.29, 1.82) is 0 Å². The van der Waals surface area contributed by atoms with E-state index in [1.807, 2.05) is 17.6 Å². The molecule has 0 fully saturated rings. The van der Waals surface area contributed by atoms with Crippen molar-refractivity contribution in [3.8, 4) is 0 Å². The summed E-state index contributed by atoms with van der Waals surface area (Å²) in [5.74, 6) is -1.67. The zero-order valence-corrected chi connectivity index (χ0v) is 15.9. The van der Waals surface area contributed by atoms with Crippen LogP contribution < -0.4 is 11.1 Å². The van der Waals surface area contributed by atoms with E-state index < -0.39 is 5.92 Å². The smallest absolute Gasteiger partial charge is 0.286 e. The zero-order chi connectivity index (χ0) is 20.6. The first-order chi connectivity index (χ1) is 13.8. The number of nitrogens with two attached hydrogens (primary N) is 1. The Kier molecular flexibility index (Phi) is 4.61. The van der Waals surface area contributed by atoms with E-state index in [1.165, 1.54) is 6.07 Å². The predicted molar refractivity (Wildman–Crippen MR) is 103 cm³/mol. The molecule has 4 heterocycles. The van der Waals surface area contributed by atoms with Crippen molar-refractivity contribution in [2.24, 2.45) is 0 Å². The van der Waals surface area contributed by atoms with Crippen molar-refractivity contribution in [2.75, 3.05) is 11.1 Å². The lowest BCUT2D eigenvalue weighted by Gasteiger charge is -2.13. The maximum atomic E-state index is 13.6. The molecule has 0 unspecified atom stereocenters. The minimum Gasteiger partial charge on any atom is -0.368 e. The molecule has 0 saturated heterocycles. The second-order valence-corrected chi connectivity index (χ2v) is 6.79. The highest BCUT2D eigenvalue weighted by Gasteiger charge is 2.26. The van der Waals surface area contributed by atoms with Crippen LogP contribution >= 0.6 is 0 Å². The fraction of sp³-hybridized carbons (Fsp3) is 0.263. The van der Waals surface area contributed by atoms with Gasteiger partial charge in [0.25, 0.3) is 5.92 Å². The molecule has 0 radical (unpaired) electrons. The maximum Gasteiger partial charge on any atom is 0.286 e. The number of nitrogens with zero attached hydrogens (tertiary/aromatic N) is 5. The van der Waals surface area contributed by atoms with Crippen LogP contribution in [0.25, 0.3) is 11.0 Å². The average Bonchev–Trinajstić information content (AvgIpc) is 3.25. The van der Waals surface area contributed by atoms with Gasteiger partial charge >= 0.3 is 0 Å². The third-order valence-electron chi connectivity index (χ3n) is 4.33. The second-order valence-electron chi connectivity index (χ2n) is 6.79. The van der Waals surface area contributed by atoms with Crippen LogP contribution in [0.1, 0.15) is 29.8 Å². The van der Waals surface area contributed by atoms with Gasteiger partial charge in [-0.15, -0.1) is 0 Å². The summed E-state index contributed by atoms with van der Waals surface area (Å²) in [5.41, 5.74) is 8.09. The van der Waals surface area contributed by atoms with Gasteiger partial charge in [0.15, 0.2) is 5.82 Å². The van der Waals surface area contributed by atoms with Crippen molar-refractivity contribution in [2.45, 2.75) is 32.9 Å².